The van der Waals surface area contributed by atoms with Crippen molar-refractivity contribution in [2.75, 3.05) is 44.2 Å². The van der Waals surface area contributed by atoms with Gasteiger partial charge in [-0.05, 0) is 12.1 Å². The fourth-order valence-corrected chi connectivity index (χ4v) is 8.99. The van der Waals surface area contributed by atoms with Crippen LogP contribution >= 0.6 is 34.7 Å². The molecule has 2 aromatic rings. The number of thioether (sulfide) groups is 1. The van der Waals surface area contributed by atoms with E-state index in [2.05, 4.69) is 25.6 Å². The van der Waals surface area contributed by atoms with Crippen molar-refractivity contribution >= 4 is 81.4 Å². The quantitative estimate of drug-likeness (QED) is 0.0252. The first-order chi connectivity index (χ1) is 25.1. The zero-order valence-electron chi connectivity index (χ0n) is 29.4. The topological polar surface area (TPSA) is 294 Å². The predicted molar refractivity (Wildman–Crippen MR) is 179 cm³/mol. The summed E-state index contributed by atoms with van der Waals surface area (Å²) in [4.78, 5) is 88.4. The zero-order valence-corrected chi connectivity index (χ0v) is 35.8. The number of rotatable bonds is 12. The third kappa shape index (κ3) is 9.98. The van der Waals surface area contributed by atoms with Crippen LogP contribution in [0.4, 0.5) is 5.13 Å². The van der Waals surface area contributed by atoms with E-state index in [1.54, 1.807) is 0 Å². The second-order valence-electron chi connectivity index (χ2n) is 12.6. The number of carbonyl (C=O) groups excluding carboxylic acids is 7. The van der Waals surface area contributed by atoms with E-state index in [-0.39, 0.29) is 110 Å². The molecule has 6 heterocycles. The number of nitrogens with two attached hydrogens (primary N) is 1. The monoisotopic (exact) mass is 837 g/mol. The third-order valence-electron chi connectivity index (χ3n) is 9.64. The van der Waals surface area contributed by atoms with Crippen molar-refractivity contribution in [3.05, 3.63) is 51.7 Å². The summed E-state index contributed by atoms with van der Waals surface area (Å²) in [5.41, 5.74) is 5.39. The van der Waals surface area contributed by atoms with Gasteiger partial charge >= 0.3 is 65.3 Å². The molecule has 2 atom stereocenters. The average molecular weight is 838 g/mol. The van der Waals surface area contributed by atoms with Crippen molar-refractivity contribution in [3.63, 3.8) is 0 Å². The summed E-state index contributed by atoms with van der Waals surface area (Å²) >= 11 is 8.34. The number of quaternary nitrogens is 1. The fourth-order valence-electron chi connectivity index (χ4n) is 6.86. The van der Waals surface area contributed by atoms with Crippen LogP contribution in [0.3, 0.4) is 0 Å². The smallest absolute Gasteiger partial charge is 0.581 e. The van der Waals surface area contributed by atoms with E-state index < -0.39 is 58.3 Å². The molecule has 6 N–H and O–H groups in total. The molecule has 0 radical (unpaired) electrons. The number of anilines is 1. The Morgan fingerprint density at radius 1 is 1.16 bits per heavy atom. The number of hydrogen-bond donors (Lipinski definition) is 5. The van der Waals surface area contributed by atoms with Crippen LogP contribution in [0.25, 0.3) is 0 Å². The Morgan fingerprint density at radius 3 is 2.36 bits per heavy atom. The number of carboxylic acids is 2. The number of fused-ring (bicyclic) bond motifs is 4. The van der Waals surface area contributed by atoms with Crippen LogP contribution in [0.5, 0.6) is 11.5 Å². The van der Waals surface area contributed by atoms with Gasteiger partial charge in [0, 0.05) is 47.9 Å². The van der Waals surface area contributed by atoms with Gasteiger partial charge in [0.15, 0.2) is 22.3 Å². The third-order valence-corrected chi connectivity index (χ3v) is 12.0. The maximum Gasteiger partial charge on any atom is 1.00 e. The number of nitrogens with one attached hydrogen (secondary N) is 2. The molecule has 0 spiro atoms. The number of carbonyl (C=O) groups is 5. The molecule has 1 aromatic heterocycles. The van der Waals surface area contributed by atoms with Gasteiger partial charge in [-0.25, -0.2) is 4.98 Å². The van der Waals surface area contributed by atoms with E-state index in [1.807, 2.05) is 0 Å². The molecule has 4 fully saturated rings. The summed E-state index contributed by atoms with van der Waals surface area (Å²) in [7, 11) is 0. The van der Waals surface area contributed by atoms with Crippen molar-refractivity contribution in [3.8, 4) is 11.5 Å². The first-order valence-electron chi connectivity index (χ1n) is 15.7. The zero-order chi connectivity index (χ0) is 38.7. The molecule has 0 aliphatic carbocycles. The Labute approximate surface area is 369 Å². The largest absolute Gasteiger partial charge is 1.00 e. The number of halogens is 1. The Kier molecular flexibility index (Phi) is 16.1. The molecule has 5 aliphatic heterocycles. The number of piperidine rings is 3. The number of aromatic hydroxyl groups is 2. The SMILES string of the molecule is Nc1nc(/C(=N/O[CH-]C(=O)[O-])C(=O)N[C@@H]2C(=O)N3C(C(=O)[O-])=C(C[N+]45CCC(CNC(=O)c6ccc(O)c(O)c6Cl)(CC4)CC5)CS[C@H]23)cs1.O=C=O.[Na+].[Na+]. The van der Waals surface area contributed by atoms with Crippen LogP contribution in [0, 0.1) is 12.0 Å². The first-order valence-corrected chi connectivity index (χ1v) is 18.0. The number of aliphatic carboxylic acids is 2. The number of phenolic OH excluding ortho intramolecular Hbond substituents is 2. The number of aromatic nitrogens is 1. The summed E-state index contributed by atoms with van der Waals surface area (Å²) in [6, 6.07) is 1.41. The number of thiazole rings is 1. The average Bonchev–Trinajstić information content (AvgIpc) is 3.56. The molecule has 3 amide bonds. The summed E-state index contributed by atoms with van der Waals surface area (Å²) < 4.78 is 0.617. The summed E-state index contributed by atoms with van der Waals surface area (Å²) in [6.07, 6.45) is 2.55. The van der Waals surface area contributed by atoms with Crippen LogP contribution in [-0.2, 0) is 33.6 Å². The summed E-state index contributed by atoms with van der Waals surface area (Å²) in [5, 5.41) is 52.1. The molecule has 24 heteroatoms. The van der Waals surface area contributed by atoms with E-state index in [0.717, 1.165) is 55.1 Å². The van der Waals surface area contributed by atoms with E-state index in [9.17, 15) is 44.4 Å². The van der Waals surface area contributed by atoms with Gasteiger partial charge in [-0.3, -0.25) is 19.3 Å². The molecule has 4 saturated heterocycles. The van der Waals surface area contributed by atoms with Crippen LogP contribution in [0.1, 0.15) is 35.3 Å². The Hall–Kier alpha value is -3.34. The van der Waals surface area contributed by atoms with E-state index in [1.165, 1.54) is 29.3 Å². The molecular formula is C31H30ClN7Na2O12S2. The second-order valence-corrected chi connectivity index (χ2v) is 15.0. The normalized spacial score (nSPS) is 23.5. The minimum atomic E-state index is -1.70. The van der Waals surface area contributed by atoms with Crippen LogP contribution in [-0.4, -0.2) is 116 Å². The van der Waals surface area contributed by atoms with Gasteiger partial charge in [0.05, 0.1) is 41.9 Å². The Balaban J connectivity index is 0.00000157. The van der Waals surface area contributed by atoms with Crippen molar-refractivity contribution < 1.29 is 122 Å². The van der Waals surface area contributed by atoms with Gasteiger partial charge in [-0.1, -0.05) is 17.6 Å². The van der Waals surface area contributed by atoms with Gasteiger partial charge < -0.3 is 55.7 Å². The molecule has 282 valence electrons. The Morgan fingerprint density at radius 2 is 1.80 bits per heavy atom. The van der Waals surface area contributed by atoms with Crippen molar-refractivity contribution in [1.82, 2.24) is 20.5 Å². The van der Waals surface area contributed by atoms with Crippen LogP contribution < -0.4 is 85.7 Å². The van der Waals surface area contributed by atoms with E-state index in [0.29, 0.717) is 23.1 Å². The fraction of sp³-hybridized carbons (Fsp3) is 0.387. The molecule has 0 unspecified atom stereocenters. The number of nitrogens with zero attached hydrogens (tertiary/aromatic N) is 4. The van der Waals surface area contributed by atoms with Gasteiger partial charge in [-0.15, -0.1) is 34.9 Å². The van der Waals surface area contributed by atoms with Gasteiger partial charge in [0.25, 0.3) is 17.7 Å². The van der Waals surface area contributed by atoms with Gasteiger partial charge in [-0.2, -0.15) is 9.59 Å². The number of β-lactam (4-membered cyclic amide) rings is 1. The molecule has 7 rings (SSSR count). The predicted octanol–water partition coefficient (Wildman–Crippen LogP) is -8.32. The van der Waals surface area contributed by atoms with Gasteiger partial charge in [0.2, 0.25) is 0 Å². The molecule has 0 saturated carbocycles. The number of oxime groups is 1. The maximum absolute atomic E-state index is 13.3. The number of carboxylic acid groups (broad SMARTS) is 2. The van der Waals surface area contributed by atoms with Crippen molar-refractivity contribution in [2.45, 2.75) is 30.7 Å². The first kappa shape index (κ1) is 46.0. The van der Waals surface area contributed by atoms with Gasteiger partial charge in [0.1, 0.15) is 23.7 Å². The summed E-state index contributed by atoms with van der Waals surface area (Å²) in [5.74, 6) is -5.97. The molecule has 5 aliphatic rings. The van der Waals surface area contributed by atoms with Crippen molar-refractivity contribution in [2.24, 2.45) is 10.6 Å². The maximum atomic E-state index is 13.3. The second kappa shape index (κ2) is 19.2. The van der Waals surface area contributed by atoms with E-state index in [4.69, 9.17) is 26.9 Å². The molecule has 19 nitrogen and oxygen atoms in total. The molecule has 55 heavy (non-hydrogen) atoms. The standard InChI is InChI=1S/C30H32ClN7O10S2.CO2.2Na/c31-19-15(1-2-17(39)23(19)42)24(43)33-13-30-3-6-38(7-4-30,8-5-30)9-14-11-49-27-21(26(45)37(27)22(14)28(46)47)35-25(44)20(36-48-10-18(40)41)16-12-50-29(32)34-16;2-1-3;;/h1-2,10,12,21,27,39,42H,3-9,11,13H2,(H2,32,34)(H,33,43)(H,35,44)(H,40,41)(H,46,47);;;/q;;2*+1/p-2/b36-20-;;;/t21-,27-,30?,38?;;;/m1.../s1. The number of nitrogen functional groups attached to an aromatic ring is 1. The van der Waals surface area contributed by atoms with Crippen LogP contribution in [0.15, 0.2) is 33.9 Å². The number of hydrogen-bond acceptors (Lipinski definition) is 17. The van der Waals surface area contributed by atoms with Crippen molar-refractivity contribution in [1.29, 1.82) is 0 Å². The number of amides is 3. The molecule has 2 bridgehead atoms. The Bertz CT molecular complexity index is 1930. The minimum Gasteiger partial charge on any atom is -0.581 e. The number of benzene rings is 1. The molecular weight excluding hydrogens is 808 g/mol. The summed E-state index contributed by atoms with van der Waals surface area (Å²) in [6.45, 7) is 3.19. The minimum absolute atomic E-state index is 0. The van der Waals surface area contributed by atoms with Crippen LogP contribution in [0.2, 0.25) is 5.02 Å². The van der Waals surface area contributed by atoms with E-state index >= 15 is 0 Å². The molecule has 1 aromatic carbocycles. The number of phenols is 2.